The van der Waals surface area contributed by atoms with Gasteiger partial charge >= 0.3 is 0 Å². The van der Waals surface area contributed by atoms with Gasteiger partial charge in [-0.25, -0.2) is 0 Å². The van der Waals surface area contributed by atoms with Gasteiger partial charge in [-0.1, -0.05) is 58.9 Å². The normalized spacial score (nSPS) is 13.2. The Bertz CT molecular complexity index is 951. The summed E-state index contributed by atoms with van der Waals surface area (Å²) in [7, 11) is 0. The predicted molar refractivity (Wildman–Crippen MR) is 160 cm³/mol. The Hall–Kier alpha value is -1.89. The van der Waals surface area contributed by atoms with E-state index in [9.17, 15) is 0 Å². The number of benzene rings is 1. The molecule has 6 nitrogen and oxygen atoms in total. The maximum atomic E-state index is 5.98. The number of nitrogens with one attached hydrogen (secondary N) is 2. The summed E-state index contributed by atoms with van der Waals surface area (Å²) in [4.78, 5) is 7.38. The molecule has 6 heteroatoms. The maximum absolute atomic E-state index is 5.98. The standard InChI is InChI=1S/C32H56N4O2/c1-29(2,3)24-26-13-11-14-27(23-26)25-37-21-12-18-34-32(9,10)17-16-31(7,8)28-15-20-36(35-28)38-22-19-33-30(4,5)6/h11,13-15,20,23,33-34H,12,16-19,21-22,24-25H2,1-10H3. The lowest BCUT2D eigenvalue weighted by atomic mass is 9.80. The second-order valence-corrected chi connectivity index (χ2v) is 14.3. The third-order valence-corrected chi connectivity index (χ3v) is 6.68. The highest BCUT2D eigenvalue weighted by atomic mass is 16.7. The molecule has 0 unspecified atom stereocenters. The first-order chi connectivity index (χ1) is 17.5. The average molecular weight is 529 g/mol. The van der Waals surface area contributed by atoms with Gasteiger partial charge in [-0.2, -0.15) is 0 Å². The van der Waals surface area contributed by atoms with Crippen LogP contribution in [-0.4, -0.2) is 47.3 Å². The third-order valence-electron chi connectivity index (χ3n) is 6.68. The van der Waals surface area contributed by atoms with Crippen LogP contribution in [0.15, 0.2) is 36.5 Å². The Balaban J connectivity index is 1.67. The van der Waals surface area contributed by atoms with Crippen LogP contribution in [-0.2, 0) is 23.2 Å². The zero-order chi connectivity index (χ0) is 28.5. The molecule has 0 fully saturated rings. The van der Waals surface area contributed by atoms with Gasteiger partial charge in [-0.15, -0.1) is 9.94 Å². The van der Waals surface area contributed by atoms with E-state index in [-0.39, 0.29) is 16.5 Å². The smallest absolute Gasteiger partial charge is 0.129 e. The fourth-order valence-electron chi connectivity index (χ4n) is 4.38. The van der Waals surface area contributed by atoms with Gasteiger partial charge in [0.1, 0.15) is 6.61 Å². The van der Waals surface area contributed by atoms with Gasteiger partial charge in [0, 0.05) is 29.6 Å². The lowest BCUT2D eigenvalue weighted by Gasteiger charge is -2.31. The van der Waals surface area contributed by atoms with Crippen LogP contribution in [0, 0.1) is 5.41 Å². The van der Waals surface area contributed by atoms with E-state index >= 15 is 0 Å². The molecule has 1 heterocycles. The molecule has 2 rings (SSSR count). The van der Waals surface area contributed by atoms with Crippen molar-refractivity contribution in [3.63, 3.8) is 0 Å². The molecular formula is C32H56N4O2. The molecular weight excluding hydrogens is 472 g/mol. The fourth-order valence-corrected chi connectivity index (χ4v) is 4.38. The molecule has 2 aromatic rings. The van der Waals surface area contributed by atoms with Crippen LogP contribution in [0.25, 0.3) is 0 Å². The molecule has 38 heavy (non-hydrogen) atoms. The van der Waals surface area contributed by atoms with E-state index in [2.05, 4.69) is 115 Å². The molecule has 0 spiro atoms. The molecule has 0 saturated carbocycles. The number of rotatable bonds is 16. The van der Waals surface area contributed by atoms with Crippen LogP contribution in [0.1, 0.15) is 105 Å². The maximum Gasteiger partial charge on any atom is 0.129 e. The summed E-state index contributed by atoms with van der Waals surface area (Å²) in [6.45, 7) is 26.2. The van der Waals surface area contributed by atoms with E-state index in [0.29, 0.717) is 18.6 Å². The minimum atomic E-state index is -0.0259. The molecule has 2 N–H and O–H groups in total. The third kappa shape index (κ3) is 13.3. The number of hydrogen-bond acceptors (Lipinski definition) is 5. The van der Waals surface area contributed by atoms with Crippen LogP contribution < -0.4 is 15.5 Å². The van der Waals surface area contributed by atoms with Crippen molar-refractivity contribution >= 4 is 0 Å². The first-order valence-corrected chi connectivity index (χ1v) is 14.4. The van der Waals surface area contributed by atoms with E-state index in [1.54, 1.807) is 4.85 Å². The number of hydrogen-bond donors (Lipinski definition) is 2. The van der Waals surface area contributed by atoms with Crippen LogP contribution >= 0.6 is 0 Å². The Morgan fingerprint density at radius 1 is 0.816 bits per heavy atom. The molecule has 0 atom stereocenters. The molecule has 216 valence electrons. The van der Waals surface area contributed by atoms with Crippen molar-refractivity contribution in [2.24, 2.45) is 5.41 Å². The van der Waals surface area contributed by atoms with Crippen molar-refractivity contribution < 1.29 is 9.57 Å². The van der Waals surface area contributed by atoms with Gasteiger partial charge < -0.3 is 20.2 Å². The van der Waals surface area contributed by atoms with Crippen molar-refractivity contribution in [2.45, 2.75) is 118 Å². The van der Waals surface area contributed by atoms with Crippen LogP contribution in [0.3, 0.4) is 0 Å². The van der Waals surface area contributed by atoms with Crippen molar-refractivity contribution in [1.29, 1.82) is 0 Å². The van der Waals surface area contributed by atoms with Crippen molar-refractivity contribution in [3.05, 3.63) is 53.3 Å². The molecule has 1 aromatic heterocycles. The number of aromatic nitrogens is 2. The highest BCUT2D eigenvalue weighted by Gasteiger charge is 2.27. The molecule has 0 amide bonds. The molecule has 0 aliphatic heterocycles. The summed E-state index contributed by atoms with van der Waals surface area (Å²) < 4.78 is 5.98. The zero-order valence-corrected chi connectivity index (χ0v) is 26.0. The Kier molecular flexibility index (Phi) is 11.9. The minimum Gasteiger partial charge on any atom is -0.395 e. The Morgan fingerprint density at radius 2 is 1.53 bits per heavy atom. The number of ether oxygens (including phenoxy) is 1. The summed E-state index contributed by atoms with van der Waals surface area (Å²) in [5.41, 5.74) is 4.13. The lowest BCUT2D eigenvalue weighted by molar-refractivity contribution is 0.0790. The molecule has 0 bridgehead atoms. The molecule has 0 saturated heterocycles. The van der Waals surface area contributed by atoms with Crippen molar-refractivity contribution in [2.75, 3.05) is 26.3 Å². The Labute approximate surface area is 233 Å². The molecule has 0 aliphatic carbocycles. The van der Waals surface area contributed by atoms with Gasteiger partial charge in [-0.3, -0.25) is 0 Å². The topological polar surface area (TPSA) is 60.3 Å². The molecule has 0 radical (unpaired) electrons. The monoisotopic (exact) mass is 528 g/mol. The van der Waals surface area contributed by atoms with Gasteiger partial charge in [0.15, 0.2) is 0 Å². The van der Waals surface area contributed by atoms with E-state index in [4.69, 9.17) is 9.57 Å². The Morgan fingerprint density at radius 3 is 2.21 bits per heavy atom. The fraction of sp³-hybridized carbons (Fsp3) is 0.719. The first kappa shape index (κ1) is 32.3. The van der Waals surface area contributed by atoms with E-state index in [0.717, 1.165) is 51.1 Å². The van der Waals surface area contributed by atoms with Crippen LogP contribution in [0.2, 0.25) is 0 Å². The second kappa shape index (κ2) is 14.0. The molecule has 1 aromatic carbocycles. The first-order valence-electron chi connectivity index (χ1n) is 14.4. The van der Waals surface area contributed by atoms with E-state index < -0.39 is 0 Å². The van der Waals surface area contributed by atoms with E-state index in [1.807, 2.05) is 6.20 Å². The van der Waals surface area contributed by atoms with Crippen LogP contribution in [0.5, 0.6) is 0 Å². The summed E-state index contributed by atoms with van der Waals surface area (Å²) >= 11 is 0. The number of nitrogens with zero attached hydrogens (tertiary/aromatic N) is 2. The summed E-state index contributed by atoms with van der Waals surface area (Å²) in [6.07, 6.45) is 6.10. The SMILES string of the molecule is CC(C)(C)Cc1cccc(COCCCNC(C)(C)CCC(C)(C)c2ccn(OCCNC(C)(C)C)n2)c1. The van der Waals surface area contributed by atoms with Crippen molar-refractivity contribution in [1.82, 2.24) is 20.6 Å². The van der Waals surface area contributed by atoms with Gasteiger partial charge in [0.2, 0.25) is 0 Å². The largest absolute Gasteiger partial charge is 0.395 e. The minimum absolute atomic E-state index is 0.0259. The second-order valence-electron chi connectivity index (χ2n) is 14.3. The van der Waals surface area contributed by atoms with Gasteiger partial charge in [0.05, 0.1) is 18.5 Å². The molecule has 0 aliphatic rings. The lowest BCUT2D eigenvalue weighted by Crippen LogP contribution is -2.41. The summed E-state index contributed by atoms with van der Waals surface area (Å²) in [5.74, 6) is 0. The summed E-state index contributed by atoms with van der Waals surface area (Å²) in [6, 6.07) is 10.9. The van der Waals surface area contributed by atoms with Gasteiger partial charge in [-0.05, 0) is 89.5 Å². The van der Waals surface area contributed by atoms with E-state index in [1.165, 1.54) is 11.1 Å². The van der Waals surface area contributed by atoms with Gasteiger partial charge in [0.25, 0.3) is 0 Å². The van der Waals surface area contributed by atoms with Crippen molar-refractivity contribution in [3.8, 4) is 0 Å². The quantitative estimate of drug-likeness (QED) is 0.250. The highest BCUT2D eigenvalue weighted by molar-refractivity contribution is 5.23. The zero-order valence-electron chi connectivity index (χ0n) is 26.0. The predicted octanol–water partition coefficient (Wildman–Crippen LogP) is 6.32. The highest BCUT2D eigenvalue weighted by Crippen LogP contribution is 2.29. The summed E-state index contributed by atoms with van der Waals surface area (Å²) in [5, 5.41) is 11.8. The average Bonchev–Trinajstić information content (AvgIpc) is 3.26. The van der Waals surface area contributed by atoms with Crippen LogP contribution in [0.4, 0.5) is 0 Å².